The number of nitrogens with one attached hydrogen (secondary N) is 4. The van der Waals surface area contributed by atoms with E-state index in [0.717, 1.165) is 30.2 Å². The summed E-state index contributed by atoms with van der Waals surface area (Å²) in [5.74, 6) is 1.94. The summed E-state index contributed by atoms with van der Waals surface area (Å²) < 4.78 is 16.7. The van der Waals surface area contributed by atoms with Crippen LogP contribution in [0.15, 0.2) is 72.9 Å². The van der Waals surface area contributed by atoms with Gasteiger partial charge in [0.05, 0.1) is 45.0 Å². The fourth-order valence-corrected chi connectivity index (χ4v) is 4.42. The second-order valence-electron chi connectivity index (χ2n) is 8.99. The van der Waals surface area contributed by atoms with Gasteiger partial charge in [-0.3, -0.25) is 0 Å². The molecule has 1 aromatic heterocycles. The van der Waals surface area contributed by atoms with Crippen molar-refractivity contribution < 1.29 is 19.0 Å². The van der Waals surface area contributed by atoms with E-state index in [0.29, 0.717) is 52.8 Å². The number of hydrogen-bond acceptors (Lipinski definition) is 9. The van der Waals surface area contributed by atoms with Gasteiger partial charge in [-0.15, -0.1) is 0 Å². The van der Waals surface area contributed by atoms with Gasteiger partial charge in [-0.2, -0.15) is 4.98 Å². The van der Waals surface area contributed by atoms with Crippen LogP contribution in [-0.4, -0.2) is 56.5 Å². The Morgan fingerprint density at radius 3 is 2.34 bits per heavy atom. The van der Waals surface area contributed by atoms with Crippen LogP contribution >= 0.6 is 11.6 Å². The Hall–Kier alpha value is -4.74. The average molecular weight is 576 g/mol. The number of para-hydroxylation sites is 1. The minimum Gasteiger partial charge on any atom is -0.495 e. The second-order valence-corrected chi connectivity index (χ2v) is 9.39. The van der Waals surface area contributed by atoms with E-state index in [1.807, 2.05) is 36.4 Å². The van der Waals surface area contributed by atoms with Crippen molar-refractivity contribution in [3.63, 3.8) is 0 Å². The molecule has 0 spiro atoms. The summed E-state index contributed by atoms with van der Waals surface area (Å²) in [6.45, 7) is 2.97. The molecular formula is C29H30ClN7O4. The van der Waals surface area contributed by atoms with Gasteiger partial charge in [0.25, 0.3) is 0 Å². The topological polar surface area (TPSA) is 122 Å². The molecule has 12 heteroatoms. The van der Waals surface area contributed by atoms with Crippen LogP contribution in [0.2, 0.25) is 5.02 Å². The highest BCUT2D eigenvalue weighted by Gasteiger charge is 2.17. The summed E-state index contributed by atoms with van der Waals surface area (Å²) in [7, 11) is 3.19. The number of halogens is 1. The number of urea groups is 1. The van der Waals surface area contributed by atoms with Crippen molar-refractivity contribution in [2.45, 2.75) is 0 Å². The highest BCUT2D eigenvalue weighted by molar-refractivity contribution is 6.32. The first-order valence-electron chi connectivity index (χ1n) is 12.9. The Morgan fingerprint density at radius 2 is 1.59 bits per heavy atom. The lowest BCUT2D eigenvalue weighted by Crippen LogP contribution is -2.36. The molecule has 1 aliphatic heterocycles. The highest BCUT2D eigenvalue weighted by Crippen LogP contribution is 2.35. The lowest BCUT2D eigenvalue weighted by atomic mass is 10.2. The summed E-state index contributed by atoms with van der Waals surface area (Å²) in [4.78, 5) is 23.5. The third-order valence-corrected chi connectivity index (χ3v) is 6.55. The van der Waals surface area contributed by atoms with Gasteiger partial charge in [-0.05, 0) is 36.4 Å². The molecule has 41 heavy (non-hydrogen) atoms. The third-order valence-electron chi connectivity index (χ3n) is 6.28. The number of benzene rings is 3. The number of morpholine rings is 1. The minimum absolute atomic E-state index is 0.301. The van der Waals surface area contributed by atoms with Crippen molar-refractivity contribution in [3.05, 3.63) is 77.9 Å². The van der Waals surface area contributed by atoms with Crippen molar-refractivity contribution >= 4 is 57.8 Å². The standard InChI is InChI=1S/C29H30ClN7O4/c1-39-25-16-21(34-29(38)33-19-6-4-3-5-7-19)8-10-23(25)35-28-31-18-22(30)27(36-28)32-20-9-11-24(26(17-20)40-2)37-12-14-41-15-13-37/h3-11,16-18H,12-15H2,1-2H3,(H2,33,34,38)(H2,31,32,35,36). The molecule has 0 radical (unpaired) electrons. The number of nitrogens with zero attached hydrogens (tertiary/aromatic N) is 3. The lowest BCUT2D eigenvalue weighted by Gasteiger charge is -2.30. The molecule has 1 aliphatic rings. The molecule has 11 nitrogen and oxygen atoms in total. The molecule has 3 aromatic carbocycles. The van der Waals surface area contributed by atoms with Crippen LogP contribution in [0, 0.1) is 0 Å². The monoisotopic (exact) mass is 575 g/mol. The molecule has 0 bridgehead atoms. The van der Waals surface area contributed by atoms with E-state index in [2.05, 4.69) is 36.1 Å². The molecule has 212 valence electrons. The molecule has 4 N–H and O–H groups in total. The Morgan fingerprint density at radius 1 is 0.878 bits per heavy atom. The smallest absolute Gasteiger partial charge is 0.323 e. The van der Waals surface area contributed by atoms with Gasteiger partial charge in [-0.1, -0.05) is 29.8 Å². The summed E-state index contributed by atoms with van der Waals surface area (Å²) in [5.41, 5.74) is 3.60. The minimum atomic E-state index is -0.370. The number of anilines is 7. The summed E-state index contributed by atoms with van der Waals surface area (Å²) >= 11 is 6.42. The maximum Gasteiger partial charge on any atom is 0.323 e. The summed E-state index contributed by atoms with van der Waals surface area (Å²) in [6.07, 6.45) is 1.51. The van der Waals surface area contributed by atoms with Crippen molar-refractivity contribution in [1.82, 2.24) is 9.97 Å². The Balaban J connectivity index is 1.28. The molecule has 0 saturated carbocycles. The molecule has 0 atom stereocenters. The fourth-order valence-electron chi connectivity index (χ4n) is 4.28. The van der Waals surface area contributed by atoms with Crippen molar-refractivity contribution in [3.8, 4) is 11.5 Å². The molecule has 1 fully saturated rings. The number of rotatable bonds is 9. The van der Waals surface area contributed by atoms with Crippen LogP contribution in [0.3, 0.4) is 0 Å². The van der Waals surface area contributed by atoms with Crippen LogP contribution in [0.5, 0.6) is 11.5 Å². The molecule has 2 heterocycles. The van der Waals surface area contributed by atoms with E-state index in [9.17, 15) is 4.79 Å². The zero-order valence-electron chi connectivity index (χ0n) is 22.6. The molecule has 0 aliphatic carbocycles. The Bertz CT molecular complexity index is 1500. The third kappa shape index (κ3) is 7.07. The first-order chi connectivity index (χ1) is 20.0. The van der Waals surface area contributed by atoms with Gasteiger partial charge in [0.2, 0.25) is 5.95 Å². The van der Waals surface area contributed by atoms with Crippen LogP contribution < -0.4 is 35.6 Å². The number of aromatic nitrogens is 2. The zero-order chi connectivity index (χ0) is 28.6. The molecule has 0 unspecified atom stereocenters. The van der Waals surface area contributed by atoms with Crippen LogP contribution in [0.25, 0.3) is 0 Å². The highest BCUT2D eigenvalue weighted by atomic mass is 35.5. The van der Waals surface area contributed by atoms with Gasteiger partial charge in [-0.25, -0.2) is 9.78 Å². The van der Waals surface area contributed by atoms with Crippen LogP contribution in [-0.2, 0) is 4.74 Å². The zero-order valence-corrected chi connectivity index (χ0v) is 23.4. The van der Waals surface area contributed by atoms with Gasteiger partial charge in [0, 0.05) is 42.3 Å². The maximum atomic E-state index is 12.4. The van der Waals surface area contributed by atoms with Crippen LogP contribution in [0.4, 0.5) is 45.0 Å². The van der Waals surface area contributed by atoms with Crippen molar-refractivity contribution in [2.75, 3.05) is 66.7 Å². The molecule has 1 saturated heterocycles. The van der Waals surface area contributed by atoms with E-state index in [-0.39, 0.29) is 6.03 Å². The number of methoxy groups -OCH3 is 2. The van der Waals surface area contributed by atoms with E-state index >= 15 is 0 Å². The largest absolute Gasteiger partial charge is 0.495 e. The number of carbonyl (C=O) groups excluding carboxylic acids is 1. The van der Waals surface area contributed by atoms with E-state index in [1.54, 1.807) is 37.4 Å². The SMILES string of the molecule is COc1cc(NC(=O)Nc2ccccc2)ccc1Nc1ncc(Cl)c(Nc2ccc(N3CCOCC3)c(OC)c2)n1. The first-order valence-corrected chi connectivity index (χ1v) is 13.3. The normalized spacial score (nSPS) is 12.8. The summed E-state index contributed by atoms with van der Waals surface area (Å²) in [6, 6.07) is 19.9. The fraction of sp³-hybridized carbons (Fsp3) is 0.207. The predicted octanol–water partition coefficient (Wildman–Crippen LogP) is 6.12. The number of amides is 2. The molecule has 4 aromatic rings. The van der Waals surface area contributed by atoms with Gasteiger partial charge in [0.15, 0.2) is 5.82 Å². The van der Waals surface area contributed by atoms with Crippen molar-refractivity contribution in [2.24, 2.45) is 0 Å². The number of carbonyl (C=O) groups is 1. The van der Waals surface area contributed by atoms with Gasteiger partial charge in [0.1, 0.15) is 16.5 Å². The predicted molar refractivity (Wildman–Crippen MR) is 162 cm³/mol. The van der Waals surface area contributed by atoms with E-state index < -0.39 is 0 Å². The van der Waals surface area contributed by atoms with Gasteiger partial charge < -0.3 is 40.4 Å². The van der Waals surface area contributed by atoms with Gasteiger partial charge >= 0.3 is 6.03 Å². The average Bonchev–Trinajstić information content (AvgIpc) is 3.00. The van der Waals surface area contributed by atoms with E-state index in [1.165, 1.54) is 13.3 Å². The van der Waals surface area contributed by atoms with Crippen molar-refractivity contribution in [1.29, 1.82) is 0 Å². The molecule has 2 amide bonds. The Kier molecular flexibility index (Phi) is 8.87. The Labute approximate surface area is 242 Å². The molecule has 5 rings (SSSR count). The second kappa shape index (κ2) is 13.1. The lowest BCUT2D eigenvalue weighted by molar-refractivity contribution is 0.122. The first kappa shape index (κ1) is 27.8. The maximum absolute atomic E-state index is 12.4. The van der Waals surface area contributed by atoms with Crippen LogP contribution in [0.1, 0.15) is 0 Å². The summed E-state index contributed by atoms with van der Waals surface area (Å²) in [5, 5.41) is 12.3. The number of ether oxygens (including phenoxy) is 3. The number of hydrogen-bond donors (Lipinski definition) is 4. The van der Waals surface area contributed by atoms with E-state index in [4.69, 9.17) is 25.8 Å². The quantitative estimate of drug-likeness (QED) is 0.187. The molecular weight excluding hydrogens is 546 g/mol.